The quantitative estimate of drug-likeness (QED) is 0.572. The maximum Gasteiger partial charge on any atom is 0.231 e. The van der Waals surface area contributed by atoms with Gasteiger partial charge >= 0.3 is 0 Å². The molecule has 0 spiro atoms. The Labute approximate surface area is 193 Å². The fourth-order valence-corrected chi connectivity index (χ4v) is 4.84. The molecular formula is C24H20BrN3O4. The van der Waals surface area contributed by atoms with Gasteiger partial charge < -0.3 is 23.5 Å². The van der Waals surface area contributed by atoms with E-state index >= 15 is 0 Å². The Bertz CT molecular complexity index is 1360. The van der Waals surface area contributed by atoms with Crippen LogP contribution in [-0.4, -0.2) is 25.1 Å². The average molecular weight is 494 g/mol. The fourth-order valence-electron chi connectivity index (χ4n) is 4.29. The minimum Gasteiger partial charge on any atom is -0.493 e. The van der Waals surface area contributed by atoms with E-state index in [2.05, 4.69) is 22.0 Å². The summed E-state index contributed by atoms with van der Waals surface area (Å²) in [5.74, 6) is 2.60. The molecule has 0 aliphatic carbocycles. The summed E-state index contributed by atoms with van der Waals surface area (Å²) in [4.78, 5) is 0. The maximum atomic E-state index is 9.93. The van der Waals surface area contributed by atoms with Gasteiger partial charge in [0, 0.05) is 17.7 Å². The molecule has 0 amide bonds. The van der Waals surface area contributed by atoms with Gasteiger partial charge in [0.2, 0.25) is 6.79 Å². The van der Waals surface area contributed by atoms with Gasteiger partial charge in [-0.15, -0.1) is 0 Å². The number of hydrogen-bond acceptors (Lipinski definition) is 6. The molecule has 5 rings (SSSR count). The van der Waals surface area contributed by atoms with E-state index in [4.69, 9.17) is 24.4 Å². The summed E-state index contributed by atoms with van der Waals surface area (Å²) in [6, 6.07) is 11.9. The smallest absolute Gasteiger partial charge is 0.231 e. The van der Waals surface area contributed by atoms with E-state index in [1.165, 1.54) is 0 Å². The van der Waals surface area contributed by atoms with Gasteiger partial charge in [0.25, 0.3) is 0 Å². The van der Waals surface area contributed by atoms with Gasteiger partial charge in [-0.25, -0.2) is 0 Å². The van der Waals surface area contributed by atoms with Crippen LogP contribution in [0.4, 0.5) is 0 Å². The lowest BCUT2D eigenvalue weighted by Gasteiger charge is -2.25. The standard InChI is InChI=1S/C24H20BrN3O4/c1-3-30-23-18(25)6-14(8-22(23)29-2)15-9-19-16-10-21-20(31-12-32-21)7-13(16)4-5-28(19)24(27)17(15)11-26/h6-10,27H,3-5,12H2,1-2H3. The Hall–Kier alpha value is -3.44. The lowest BCUT2D eigenvalue weighted by molar-refractivity contribution is 0.174. The predicted octanol–water partition coefficient (Wildman–Crippen LogP) is 4.63. The summed E-state index contributed by atoms with van der Waals surface area (Å²) in [5, 5.41) is 18.7. The second kappa shape index (κ2) is 7.92. The van der Waals surface area contributed by atoms with Gasteiger partial charge in [-0.3, -0.25) is 5.41 Å². The van der Waals surface area contributed by atoms with E-state index in [-0.39, 0.29) is 12.3 Å². The Balaban J connectivity index is 1.75. The lowest BCUT2D eigenvalue weighted by Crippen LogP contribution is -2.28. The highest BCUT2D eigenvalue weighted by Crippen LogP contribution is 2.43. The summed E-state index contributed by atoms with van der Waals surface area (Å²) in [5.41, 5.74) is 4.91. The highest BCUT2D eigenvalue weighted by atomic mass is 79.9. The summed E-state index contributed by atoms with van der Waals surface area (Å²) in [7, 11) is 1.58. The van der Waals surface area contributed by atoms with E-state index in [1.54, 1.807) is 7.11 Å². The number of pyridine rings is 1. The second-order valence-electron chi connectivity index (χ2n) is 7.47. The van der Waals surface area contributed by atoms with Crippen molar-refractivity contribution in [2.24, 2.45) is 0 Å². The number of benzene rings is 2. The van der Waals surface area contributed by atoms with Crippen molar-refractivity contribution in [3.63, 3.8) is 0 Å². The van der Waals surface area contributed by atoms with Crippen LogP contribution in [0.2, 0.25) is 0 Å². The first-order valence-corrected chi connectivity index (χ1v) is 11.0. The van der Waals surface area contributed by atoms with E-state index in [0.29, 0.717) is 41.5 Å². The molecule has 1 aromatic heterocycles. The average Bonchev–Trinajstić information content (AvgIpc) is 3.26. The zero-order valence-corrected chi connectivity index (χ0v) is 19.2. The Kier molecular flexibility index (Phi) is 5.06. The molecular weight excluding hydrogens is 474 g/mol. The van der Waals surface area contributed by atoms with Gasteiger partial charge in [-0.05, 0) is 70.7 Å². The van der Waals surface area contributed by atoms with Gasteiger partial charge in [-0.1, -0.05) is 0 Å². The summed E-state index contributed by atoms with van der Waals surface area (Å²) in [6.45, 7) is 3.23. The number of hydrogen-bond donors (Lipinski definition) is 1. The normalized spacial score (nSPS) is 13.2. The van der Waals surface area contributed by atoms with Crippen LogP contribution in [0.25, 0.3) is 22.4 Å². The number of aryl methyl sites for hydroxylation is 1. The number of nitrogens with zero attached hydrogens (tertiary/aromatic N) is 2. The van der Waals surface area contributed by atoms with Gasteiger partial charge in [0.15, 0.2) is 23.0 Å². The third kappa shape index (κ3) is 3.12. The van der Waals surface area contributed by atoms with Crippen LogP contribution in [0.15, 0.2) is 34.8 Å². The van der Waals surface area contributed by atoms with Crippen LogP contribution < -0.4 is 24.4 Å². The van der Waals surface area contributed by atoms with Gasteiger partial charge in [0.05, 0.1) is 23.9 Å². The molecule has 2 aromatic carbocycles. The van der Waals surface area contributed by atoms with Crippen LogP contribution in [0.1, 0.15) is 18.1 Å². The minimum absolute atomic E-state index is 0.187. The van der Waals surface area contributed by atoms with Crippen LogP contribution >= 0.6 is 15.9 Å². The highest BCUT2D eigenvalue weighted by molar-refractivity contribution is 9.10. The van der Waals surface area contributed by atoms with Crippen molar-refractivity contribution in [2.75, 3.05) is 20.5 Å². The molecule has 2 aliphatic rings. The van der Waals surface area contributed by atoms with E-state index < -0.39 is 0 Å². The zero-order chi connectivity index (χ0) is 22.4. The number of halogens is 1. The molecule has 0 saturated heterocycles. The topological polar surface area (TPSA) is 89.5 Å². The SMILES string of the molecule is CCOc1c(Br)cc(-c2cc3n(c(=N)c2C#N)CCc2cc4c(cc2-3)OCO4)cc1OC. The third-order valence-corrected chi connectivity index (χ3v) is 6.36. The maximum absolute atomic E-state index is 9.93. The second-order valence-corrected chi connectivity index (χ2v) is 8.32. The van der Waals surface area contributed by atoms with Crippen molar-refractivity contribution in [3.8, 4) is 51.5 Å². The largest absolute Gasteiger partial charge is 0.493 e. The number of fused-ring (bicyclic) bond motifs is 4. The first kappa shape index (κ1) is 20.5. The van der Waals surface area contributed by atoms with E-state index in [0.717, 1.165) is 39.0 Å². The third-order valence-electron chi connectivity index (χ3n) is 5.77. The molecule has 0 saturated carbocycles. The molecule has 0 atom stereocenters. The van der Waals surface area contributed by atoms with Gasteiger partial charge in [-0.2, -0.15) is 5.26 Å². The van der Waals surface area contributed by atoms with E-state index in [9.17, 15) is 5.26 Å². The van der Waals surface area contributed by atoms with E-state index in [1.807, 2.05) is 41.8 Å². The first-order chi connectivity index (χ1) is 15.5. The Morgan fingerprint density at radius 2 is 1.94 bits per heavy atom. The van der Waals surface area contributed by atoms with Crippen LogP contribution in [0, 0.1) is 16.7 Å². The minimum atomic E-state index is 0.187. The molecule has 8 heteroatoms. The van der Waals surface area contributed by atoms with Crippen LogP contribution in [0.3, 0.4) is 0 Å². The molecule has 3 heterocycles. The molecule has 0 fully saturated rings. The number of rotatable bonds is 4. The fraction of sp³-hybridized carbons (Fsp3) is 0.250. The highest BCUT2D eigenvalue weighted by Gasteiger charge is 2.25. The van der Waals surface area contributed by atoms with Crippen molar-refractivity contribution in [3.05, 3.63) is 51.4 Å². The van der Waals surface area contributed by atoms with Crippen molar-refractivity contribution in [1.82, 2.24) is 4.57 Å². The summed E-state index contributed by atoms with van der Waals surface area (Å²) >= 11 is 3.57. The molecule has 0 unspecified atom stereocenters. The number of aromatic nitrogens is 1. The van der Waals surface area contributed by atoms with Crippen molar-refractivity contribution in [2.45, 2.75) is 19.9 Å². The molecule has 0 radical (unpaired) electrons. The van der Waals surface area contributed by atoms with Crippen LogP contribution in [-0.2, 0) is 13.0 Å². The molecule has 3 aromatic rings. The molecule has 7 nitrogen and oxygen atoms in total. The first-order valence-electron chi connectivity index (χ1n) is 10.2. The molecule has 32 heavy (non-hydrogen) atoms. The summed E-state index contributed by atoms with van der Waals surface area (Å²) < 4.78 is 25.0. The van der Waals surface area contributed by atoms with Crippen molar-refractivity contribution < 1.29 is 18.9 Å². The molecule has 2 aliphatic heterocycles. The Morgan fingerprint density at radius 3 is 2.66 bits per heavy atom. The summed E-state index contributed by atoms with van der Waals surface area (Å²) in [6.07, 6.45) is 0.752. The monoisotopic (exact) mass is 493 g/mol. The lowest BCUT2D eigenvalue weighted by atomic mass is 9.92. The van der Waals surface area contributed by atoms with Gasteiger partial charge in [0.1, 0.15) is 17.1 Å². The molecule has 162 valence electrons. The number of nitriles is 1. The number of ether oxygens (including phenoxy) is 4. The van der Waals surface area contributed by atoms with Crippen LogP contribution in [0.5, 0.6) is 23.0 Å². The number of nitrogens with one attached hydrogen (secondary N) is 1. The molecule has 0 bridgehead atoms. The Morgan fingerprint density at radius 1 is 1.16 bits per heavy atom. The number of methoxy groups -OCH3 is 1. The zero-order valence-electron chi connectivity index (χ0n) is 17.6. The van der Waals surface area contributed by atoms with Crippen molar-refractivity contribution in [1.29, 1.82) is 10.7 Å². The predicted molar refractivity (Wildman–Crippen MR) is 121 cm³/mol. The van der Waals surface area contributed by atoms with Crippen molar-refractivity contribution >= 4 is 15.9 Å². The molecule has 1 N–H and O–H groups in total.